The van der Waals surface area contributed by atoms with Gasteiger partial charge in [-0.1, -0.05) is 0 Å². The van der Waals surface area contributed by atoms with Crippen molar-refractivity contribution < 1.29 is 57.8 Å². The van der Waals surface area contributed by atoms with Gasteiger partial charge in [0.2, 0.25) is 0 Å². The molecule has 0 atom stereocenters. The van der Waals surface area contributed by atoms with Crippen molar-refractivity contribution in [1.82, 2.24) is 4.90 Å². The summed E-state index contributed by atoms with van der Waals surface area (Å²) < 4.78 is 128. The molecule has 0 aliphatic carbocycles. The van der Waals surface area contributed by atoms with E-state index in [4.69, 9.17) is 0 Å². The first-order valence-electron chi connectivity index (χ1n) is 6.56. The van der Waals surface area contributed by atoms with Gasteiger partial charge in [-0.2, -0.15) is 43.9 Å². The molecule has 0 bridgehead atoms. The lowest BCUT2D eigenvalue weighted by molar-refractivity contribution is -0.782. The molecule has 5 nitrogen and oxygen atoms in total. The summed E-state index contributed by atoms with van der Waals surface area (Å²) in [6.45, 7) is 0. The second kappa shape index (κ2) is 8.11. The van der Waals surface area contributed by atoms with Crippen LogP contribution in [0.3, 0.4) is 0 Å². The molecule has 0 aromatic rings. The first-order chi connectivity index (χ1) is 11.4. The molecule has 0 aliphatic rings. The van der Waals surface area contributed by atoms with Crippen molar-refractivity contribution >= 4 is 13.3 Å². The Bertz CT molecular complexity index is 548. The Morgan fingerprint density at radius 2 is 1.11 bits per heavy atom. The predicted octanol–water partition coefficient (Wildman–Crippen LogP) is 3.18. The summed E-state index contributed by atoms with van der Waals surface area (Å²) in [5.74, 6) is 1.07. The SMILES string of the molecule is C/N=C(\N(C)C)[N+](C)(C)C.O=P([O-])(C(F)(F)C(F)(F)F)C(F)(F)C(F)(F)F. The van der Waals surface area contributed by atoms with Gasteiger partial charge in [0.05, 0.1) is 21.1 Å². The summed E-state index contributed by atoms with van der Waals surface area (Å²) in [6, 6.07) is 0. The lowest BCUT2D eigenvalue weighted by atomic mass is 10.6. The molecule has 0 N–H and O–H groups in total. The molecular formula is C11H18F10N3O2P. The molecule has 0 saturated carbocycles. The van der Waals surface area contributed by atoms with E-state index in [0.717, 1.165) is 10.4 Å². The standard InChI is InChI=1S/C7H18N3.C4HF10O2P/c1-8-7(9(2)3)10(4,5)6;5-1(6,7)3(11,12)17(15,16)4(13,14)2(8,9)10/h1-6H3;(H,15,16)/q+1;/p-1/b8-7+;. The first-order valence-corrected chi connectivity index (χ1v) is 8.18. The van der Waals surface area contributed by atoms with Crippen LogP contribution in [0.15, 0.2) is 4.99 Å². The molecule has 0 aromatic heterocycles. The third kappa shape index (κ3) is 5.95. The number of guanidine groups is 1. The minimum Gasteiger partial charge on any atom is -0.790 e. The Morgan fingerprint density at radius 3 is 1.19 bits per heavy atom. The van der Waals surface area contributed by atoms with Crippen molar-refractivity contribution in [2.45, 2.75) is 23.7 Å². The molecular weight excluding hydrogens is 427 g/mol. The fraction of sp³-hybridized carbons (Fsp3) is 0.909. The average Bonchev–Trinajstić information content (AvgIpc) is 2.34. The summed E-state index contributed by atoms with van der Waals surface area (Å²) in [7, 11) is 3.62. The van der Waals surface area contributed by atoms with Crippen LogP contribution >= 0.6 is 7.37 Å². The van der Waals surface area contributed by atoms with Gasteiger partial charge in [0.1, 0.15) is 0 Å². The van der Waals surface area contributed by atoms with E-state index < -0.39 is 31.0 Å². The van der Waals surface area contributed by atoms with Crippen molar-refractivity contribution in [3.8, 4) is 0 Å². The van der Waals surface area contributed by atoms with Gasteiger partial charge in [-0.05, 0) is 0 Å². The second-order valence-electron chi connectivity index (χ2n) is 6.06. The molecule has 0 aliphatic heterocycles. The fourth-order valence-electron chi connectivity index (χ4n) is 1.61. The Kier molecular flexibility index (Phi) is 8.45. The molecule has 0 amide bonds. The van der Waals surface area contributed by atoms with E-state index >= 15 is 0 Å². The molecule has 27 heavy (non-hydrogen) atoms. The number of halogens is 10. The highest BCUT2D eigenvalue weighted by molar-refractivity contribution is 7.59. The van der Waals surface area contributed by atoms with Crippen LogP contribution in [-0.2, 0) is 4.57 Å². The summed E-state index contributed by atoms with van der Waals surface area (Å²) in [6.07, 6.45) is -14.2. The van der Waals surface area contributed by atoms with E-state index in [1.165, 1.54) is 0 Å². The number of hydrogen-bond acceptors (Lipinski definition) is 3. The van der Waals surface area contributed by atoms with Gasteiger partial charge in [0, 0.05) is 21.1 Å². The lowest BCUT2D eigenvalue weighted by Crippen LogP contribution is -2.50. The fourth-order valence-corrected chi connectivity index (χ4v) is 2.63. The van der Waals surface area contributed by atoms with E-state index in [9.17, 15) is 53.4 Å². The van der Waals surface area contributed by atoms with E-state index in [2.05, 4.69) is 26.1 Å². The van der Waals surface area contributed by atoms with Gasteiger partial charge in [0.15, 0.2) is 7.37 Å². The van der Waals surface area contributed by atoms with Crippen LogP contribution in [0.1, 0.15) is 0 Å². The summed E-state index contributed by atoms with van der Waals surface area (Å²) >= 11 is 0. The van der Waals surface area contributed by atoms with Gasteiger partial charge in [-0.15, -0.1) is 0 Å². The Labute approximate surface area is 148 Å². The molecule has 164 valence electrons. The Balaban J connectivity index is 0. The van der Waals surface area contributed by atoms with Crippen molar-refractivity contribution in [1.29, 1.82) is 0 Å². The van der Waals surface area contributed by atoms with E-state index in [1.54, 1.807) is 0 Å². The zero-order chi connectivity index (χ0) is 22.9. The number of nitrogens with zero attached hydrogens (tertiary/aromatic N) is 3. The molecule has 0 aromatic carbocycles. The average molecular weight is 445 g/mol. The predicted molar refractivity (Wildman–Crippen MR) is 74.7 cm³/mol. The Hall–Kier alpha value is -1.08. The maximum absolute atomic E-state index is 12.1. The third-order valence-electron chi connectivity index (χ3n) is 2.62. The highest BCUT2D eigenvalue weighted by Crippen LogP contribution is 2.72. The molecule has 0 spiro atoms. The number of hydrogen-bond donors (Lipinski definition) is 0. The minimum atomic E-state index is -8.51. The van der Waals surface area contributed by atoms with Crippen LogP contribution in [0.5, 0.6) is 0 Å². The number of alkyl halides is 10. The highest BCUT2D eigenvalue weighted by atomic mass is 31.2. The van der Waals surface area contributed by atoms with Crippen molar-refractivity contribution in [3.63, 3.8) is 0 Å². The lowest BCUT2D eigenvalue weighted by Gasteiger charge is -2.38. The largest absolute Gasteiger partial charge is 0.790 e. The van der Waals surface area contributed by atoms with Crippen LogP contribution in [0.25, 0.3) is 0 Å². The molecule has 0 radical (unpaired) electrons. The smallest absolute Gasteiger partial charge is 0.459 e. The first kappa shape index (κ1) is 28.1. The van der Waals surface area contributed by atoms with Crippen LogP contribution < -0.4 is 4.89 Å². The van der Waals surface area contributed by atoms with Crippen LogP contribution in [0, 0.1) is 0 Å². The van der Waals surface area contributed by atoms with Gasteiger partial charge in [0.25, 0.3) is 5.96 Å². The zero-order valence-corrected chi connectivity index (χ0v) is 15.8. The van der Waals surface area contributed by atoms with Gasteiger partial charge in [-0.25, -0.2) is 4.99 Å². The zero-order valence-electron chi connectivity index (χ0n) is 14.9. The van der Waals surface area contributed by atoms with Gasteiger partial charge >= 0.3 is 23.7 Å². The van der Waals surface area contributed by atoms with Crippen molar-refractivity contribution in [3.05, 3.63) is 0 Å². The van der Waals surface area contributed by atoms with Crippen molar-refractivity contribution in [2.24, 2.45) is 4.99 Å². The molecule has 0 fully saturated rings. The normalized spacial score (nSPS) is 15.2. The van der Waals surface area contributed by atoms with E-state index in [1.807, 2.05) is 26.0 Å². The van der Waals surface area contributed by atoms with E-state index in [0.29, 0.717) is 0 Å². The van der Waals surface area contributed by atoms with Crippen LogP contribution in [-0.4, -0.2) is 81.3 Å². The topological polar surface area (TPSA) is 55.7 Å². The van der Waals surface area contributed by atoms with Crippen LogP contribution in [0.2, 0.25) is 0 Å². The summed E-state index contributed by atoms with van der Waals surface area (Å²) in [5, 5.41) is 0. The molecule has 16 heteroatoms. The second-order valence-corrected chi connectivity index (χ2v) is 8.29. The summed E-state index contributed by atoms with van der Waals surface area (Å²) in [4.78, 5) is 16.3. The third-order valence-corrected chi connectivity index (χ3v) is 4.61. The van der Waals surface area contributed by atoms with E-state index in [-0.39, 0.29) is 0 Å². The maximum atomic E-state index is 12.1. The van der Waals surface area contributed by atoms with Crippen LogP contribution in [0.4, 0.5) is 43.9 Å². The molecule has 0 heterocycles. The summed E-state index contributed by atoms with van der Waals surface area (Å²) in [5.41, 5.74) is -14.4. The molecule has 0 rings (SSSR count). The minimum absolute atomic E-state index is 0.767. The van der Waals surface area contributed by atoms with Gasteiger partial charge < -0.3 is 14.4 Å². The van der Waals surface area contributed by atoms with Crippen molar-refractivity contribution in [2.75, 3.05) is 42.3 Å². The monoisotopic (exact) mass is 445 g/mol. The molecule has 0 saturated heterocycles. The molecule has 0 unspecified atom stereocenters. The quantitative estimate of drug-likeness (QED) is 0.216. The number of quaternary nitrogens is 1. The highest BCUT2D eigenvalue weighted by Gasteiger charge is 2.78. The number of rotatable bonds is 2. The Morgan fingerprint density at radius 1 is 0.852 bits per heavy atom. The number of aliphatic imine (C=N–C) groups is 1. The van der Waals surface area contributed by atoms with Gasteiger partial charge in [-0.3, -0.25) is 4.48 Å². The maximum Gasteiger partial charge on any atom is 0.459 e.